The first kappa shape index (κ1) is 17.7. The van der Waals surface area contributed by atoms with Gasteiger partial charge >= 0.3 is 0 Å². The number of rotatable bonds is 6. The summed E-state index contributed by atoms with van der Waals surface area (Å²) in [6, 6.07) is 11.4. The van der Waals surface area contributed by atoms with Crippen molar-refractivity contribution in [2.75, 3.05) is 13.6 Å². The van der Waals surface area contributed by atoms with Crippen LogP contribution < -0.4 is 5.32 Å². The first-order chi connectivity index (χ1) is 10.9. The third kappa shape index (κ3) is 5.82. The normalized spacial score (nSPS) is 10.8. The van der Waals surface area contributed by atoms with Crippen molar-refractivity contribution in [2.24, 2.45) is 0 Å². The van der Waals surface area contributed by atoms with Crippen molar-refractivity contribution in [1.29, 1.82) is 0 Å². The zero-order valence-electron chi connectivity index (χ0n) is 12.7. The van der Waals surface area contributed by atoms with Crippen LogP contribution in [0.4, 0.5) is 4.39 Å². The van der Waals surface area contributed by atoms with Crippen LogP contribution in [0, 0.1) is 5.82 Å². The zero-order valence-corrected chi connectivity index (χ0v) is 14.2. The molecule has 2 aromatic carbocycles. The second kappa shape index (κ2) is 8.29. The van der Waals surface area contributed by atoms with Gasteiger partial charge in [0.05, 0.1) is 16.6 Å². The second-order valence-electron chi connectivity index (χ2n) is 5.32. The smallest absolute Gasteiger partial charge is 0.234 e. The molecule has 0 unspecified atom stereocenters. The Bertz CT molecular complexity index is 677. The second-order valence-corrected chi connectivity index (χ2v) is 6.14. The molecule has 3 nitrogen and oxygen atoms in total. The molecular weight excluding hydrogens is 338 g/mol. The Hall–Kier alpha value is -1.62. The molecule has 1 N–H and O–H groups in total. The van der Waals surface area contributed by atoms with Crippen LogP contribution in [0.25, 0.3) is 0 Å². The highest BCUT2D eigenvalue weighted by molar-refractivity contribution is 6.42. The van der Waals surface area contributed by atoms with Gasteiger partial charge in [0.2, 0.25) is 5.91 Å². The monoisotopic (exact) mass is 354 g/mol. The Morgan fingerprint density at radius 3 is 2.39 bits per heavy atom. The molecule has 122 valence electrons. The van der Waals surface area contributed by atoms with Gasteiger partial charge in [-0.15, -0.1) is 0 Å². The predicted molar refractivity (Wildman–Crippen MR) is 91.0 cm³/mol. The fourth-order valence-electron chi connectivity index (χ4n) is 2.11. The van der Waals surface area contributed by atoms with Crippen LogP contribution in [0.3, 0.4) is 0 Å². The van der Waals surface area contributed by atoms with E-state index in [9.17, 15) is 9.18 Å². The summed E-state index contributed by atoms with van der Waals surface area (Å²) in [6.45, 7) is 1.21. The van der Waals surface area contributed by atoms with Crippen molar-refractivity contribution in [2.45, 2.75) is 13.1 Å². The highest BCUT2D eigenvalue weighted by Crippen LogP contribution is 2.23. The summed E-state index contributed by atoms with van der Waals surface area (Å²) >= 11 is 11.9. The summed E-state index contributed by atoms with van der Waals surface area (Å²) in [6.07, 6.45) is 0. The Morgan fingerprint density at radius 2 is 1.74 bits per heavy atom. The lowest BCUT2D eigenvalue weighted by atomic mass is 10.2. The Balaban J connectivity index is 1.79. The summed E-state index contributed by atoms with van der Waals surface area (Å²) in [5, 5.41) is 3.81. The molecular formula is C17H17Cl2FN2O. The van der Waals surface area contributed by atoms with E-state index in [1.54, 1.807) is 24.3 Å². The molecule has 2 aromatic rings. The number of likely N-dealkylation sites (N-methyl/N-ethyl adjacent to an activating group) is 1. The van der Waals surface area contributed by atoms with Gasteiger partial charge in [-0.1, -0.05) is 41.4 Å². The van der Waals surface area contributed by atoms with Crippen molar-refractivity contribution in [3.05, 3.63) is 69.5 Å². The van der Waals surface area contributed by atoms with E-state index < -0.39 is 0 Å². The predicted octanol–water partition coefficient (Wildman–Crippen LogP) is 3.88. The molecule has 0 saturated carbocycles. The van der Waals surface area contributed by atoms with E-state index in [2.05, 4.69) is 5.32 Å². The summed E-state index contributed by atoms with van der Waals surface area (Å²) in [7, 11) is 1.85. The Kier molecular flexibility index (Phi) is 6.39. The first-order valence-electron chi connectivity index (χ1n) is 7.07. The summed E-state index contributed by atoms with van der Waals surface area (Å²) in [4.78, 5) is 13.8. The average molecular weight is 355 g/mol. The van der Waals surface area contributed by atoms with Crippen LogP contribution in [-0.4, -0.2) is 24.4 Å². The minimum Gasteiger partial charge on any atom is -0.351 e. The number of benzene rings is 2. The van der Waals surface area contributed by atoms with E-state index in [0.29, 0.717) is 23.1 Å². The maximum Gasteiger partial charge on any atom is 0.234 e. The highest BCUT2D eigenvalue weighted by atomic mass is 35.5. The van der Waals surface area contributed by atoms with E-state index in [0.717, 1.165) is 11.1 Å². The minimum absolute atomic E-state index is 0.100. The van der Waals surface area contributed by atoms with Gasteiger partial charge in [0.25, 0.3) is 0 Å². The molecule has 0 heterocycles. The summed E-state index contributed by atoms with van der Waals surface area (Å²) in [5.41, 5.74) is 1.83. The zero-order chi connectivity index (χ0) is 16.8. The number of carbonyl (C=O) groups is 1. The highest BCUT2D eigenvalue weighted by Gasteiger charge is 2.08. The topological polar surface area (TPSA) is 32.3 Å². The van der Waals surface area contributed by atoms with Crippen LogP contribution in [0.5, 0.6) is 0 Å². The fourth-order valence-corrected chi connectivity index (χ4v) is 2.43. The van der Waals surface area contributed by atoms with Crippen molar-refractivity contribution in [3.63, 3.8) is 0 Å². The molecule has 0 aromatic heterocycles. The first-order valence-corrected chi connectivity index (χ1v) is 7.83. The number of carbonyl (C=O) groups excluding carboxylic acids is 1. The van der Waals surface area contributed by atoms with Crippen molar-refractivity contribution in [3.8, 4) is 0 Å². The SMILES string of the molecule is CN(CC(=O)NCc1ccc(F)cc1)Cc1ccc(Cl)c(Cl)c1. The van der Waals surface area contributed by atoms with Crippen molar-refractivity contribution < 1.29 is 9.18 Å². The van der Waals surface area contributed by atoms with Crippen LogP contribution in [0.15, 0.2) is 42.5 Å². The largest absolute Gasteiger partial charge is 0.351 e. The van der Waals surface area contributed by atoms with Crippen molar-refractivity contribution in [1.82, 2.24) is 10.2 Å². The van der Waals surface area contributed by atoms with Crippen LogP contribution in [-0.2, 0) is 17.9 Å². The van der Waals surface area contributed by atoms with E-state index in [1.165, 1.54) is 12.1 Å². The molecule has 1 amide bonds. The van der Waals surface area contributed by atoms with Gasteiger partial charge in [0.1, 0.15) is 5.82 Å². The van der Waals surface area contributed by atoms with Gasteiger partial charge in [0, 0.05) is 13.1 Å². The van der Waals surface area contributed by atoms with E-state index in [-0.39, 0.29) is 18.3 Å². The number of nitrogens with one attached hydrogen (secondary N) is 1. The molecule has 0 aliphatic rings. The lowest BCUT2D eigenvalue weighted by Gasteiger charge is -2.16. The molecule has 0 spiro atoms. The third-order valence-electron chi connectivity index (χ3n) is 3.25. The summed E-state index contributed by atoms with van der Waals surface area (Å²) in [5.74, 6) is -0.390. The molecule has 0 atom stereocenters. The van der Waals surface area contributed by atoms with Gasteiger partial charge in [-0.25, -0.2) is 4.39 Å². The van der Waals surface area contributed by atoms with E-state index in [4.69, 9.17) is 23.2 Å². The number of hydrogen-bond donors (Lipinski definition) is 1. The Labute approximate surface area is 145 Å². The van der Waals surface area contributed by atoms with E-state index in [1.807, 2.05) is 18.0 Å². The standard InChI is InChI=1S/C17H17Cl2FN2O/c1-22(10-13-4-7-15(18)16(19)8-13)11-17(23)21-9-12-2-5-14(20)6-3-12/h2-8H,9-11H2,1H3,(H,21,23). The lowest BCUT2D eigenvalue weighted by molar-refractivity contribution is -0.122. The molecule has 23 heavy (non-hydrogen) atoms. The summed E-state index contributed by atoms with van der Waals surface area (Å²) < 4.78 is 12.8. The number of nitrogens with zero attached hydrogens (tertiary/aromatic N) is 1. The molecule has 0 fully saturated rings. The van der Waals surface area contributed by atoms with Crippen molar-refractivity contribution >= 4 is 29.1 Å². The molecule has 0 radical (unpaired) electrons. The fraction of sp³-hybridized carbons (Fsp3) is 0.235. The number of amides is 1. The van der Waals surface area contributed by atoms with Gasteiger partial charge in [-0.2, -0.15) is 0 Å². The average Bonchev–Trinajstić information content (AvgIpc) is 2.50. The molecule has 2 rings (SSSR count). The van der Waals surface area contributed by atoms with E-state index >= 15 is 0 Å². The Morgan fingerprint density at radius 1 is 1.09 bits per heavy atom. The maximum atomic E-state index is 12.8. The van der Waals surface area contributed by atoms with Crippen LogP contribution in [0.1, 0.15) is 11.1 Å². The lowest BCUT2D eigenvalue weighted by Crippen LogP contribution is -2.34. The van der Waals surface area contributed by atoms with Crippen LogP contribution in [0.2, 0.25) is 10.0 Å². The van der Waals surface area contributed by atoms with Gasteiger partial charge < -0.3 is 5.32 Å². The number of halogens is 3. The number of hydrogen-bond acceptors (Lipinski definition) is 2. The molecule has 0 saturated heterocycles. The van der Waals surface area contributed by atoms with Crippen LogP contribution >= 0.6 is 23.2 Å². The quantitative estimate of drug-likeness (QED) is 0.853. The molecule has 6 heteroatoms. The van der Waals surface area contributed by atoms with Gasteiger partial charge in [0.15, 0.2) is 0 Å². The maximum absolute atomic E-state index is 12.8. The van der Waals surface area contributed by atoms with Gasteiger partial charge in [-0.3, -0.25) is 9.69 Å². The third-order valence-corrected chi connectivity index (χ3v) is 3.99. The molecule has 0 bridgehead atoms. The minimum atomic E-state index is -0.290. The molecule has 0 aliphatic heterocycles. The van der Waals surface area contributed by atoms with Gasteiger partial charge in [-0.05, 0) is 42.4 Å². The molecule has 0 aliphatic carbocycles.